The van der Waals surface area contributed by atoms with Crippen molar-refractivity contribution in [1.82, 2.24) is 13.9 Å². The number of piperidine rings is 1. The summed E-state index contributed by atoms with van der Waals surface area (Å²) < 4.78 is 39.7. The molecule has 1 aliphatic heterocycles. The molecule has 10 heteroatoms. The van der Waals surface area contributed by atoms with Crippen molar-refractivity contribution < 1.29 is 17.9 Å². The lowest BCUT2D eigenvalue weighted by Gasteiger charge is -2.32. The number of sulfonamides is 1. The van der Waals surface area contributed by atoms with Crippen LogP contribution < -0.4 is 15.0 Å². The Morgan fingerprint density at radius 2 is 1.74 bits per heavy atom. The molecule has 0 amide bonds. The van der Waals surface area contributed by atoms with Gasteiger partial charge >= 0.3 is 0 Å². The molecule has 0 N–H and O–H groups in total. The van der Waals surface area contributed by atoms with Crippen LogP contribution in [0.3, 0.4) is 0 Å². The zero-order valence-corrected chi connectivity index (χ0v) is 18.7. The van der Waals surface area contributed by atoms with Gasteiger partial charge in [-0.2, -0.15) is 4.31 Å². The molecule has 2 aromatic carbocycles. The van der Waals surface area contributed by atoms with Crippen molar-refractivity contribution in [2.45, 2.75) is 23.8 Å². The summed E-state index contributed by atoms with van der Waals surface area (Å²) in [6.45, 7) is 0.596. The minimum Gasteiger partial charge on any atom is -0.493 e. The van der Waals surface area contributed by atoms with Crippen LogP contribution in [-0.4, -0.2) is 49.6 Å². The Hall–Kier alpha value is -2.62. The number of fused-ring (bicyclic) bond motifs is 1. The van der Waals surface area contributed by atoms with E-state index in [-0.39, 0.29) is 16.5 Å². The molecule has 1 aliphatic rings. The molecule has 0 spiro atoms. The Morgan fingerprint density at radius 1 is 1.03 bits per heavy atom. The van der Waals surface area contributed by atoms with Gasteiger partial charge in [0.15, 0.2) is 11.5 Å². The maximum absolute atomic E-state index is 13.1. The third-order valence-corrected chi connectivity index (χ3v) is 7.69. The molecule has 2 heterocycles. The number of methoxy groups -OCH3 is 2. The number of hydrogen-bond acceptors (Lipinski definition) is 6. The van der Waals surface area contributed by atoms with Crippen molar-refractivity contribution in [2.24, 2.45) is 0 Å². The van der Waals surface area contributed by atoms with Gasteiger partial charge in [-0.1, -0.05) is 11.6 Å². The van der Waals surface area contributed by atoms with Crippen LogP contribution in [0.25, 0.3) is 10.9 Å². The average Bonchev–Trinajstić information content (AvgIpc) is 2.78. The first-order valence-corrected chi connectivity index (χ1v) is 11.6. The van der Waals surface area contributed by atoms with Crippen LogP contribution >= 0.6 is 11.6 Å². The lowest BCUT2D eigenvalue weighted by atomic mass is 10.1. The van der Waals surface area contributed by atoms with E-state index in [1.165, 1.54) is 37.0 Å². The third-order valence-electron chi connectivity index (χ3n) is 5.56. The van der Waals surface area contributed by atoms with Crippen molar-refractivity contribution in [3.05, 3.63) is 58.1 Å². The van der Waals surface area contributed by atoms with Crippen LogP contribution in [0.15, 0.2) is 52.4 Å². The molecule has 0 atom stereocenters. The normalized spacial score (nSPS) is 15.8. The third kappa shape index (κ3) is 4.00. The second-order valence-electron chi connectivity index (χ2n) is 7.27. The fraction of sp³-hybridized carbons (Fsp3) is 0.333. The quantitative estimate of drug-likeness (QED) is 0.577. The highest BCUT2D eigenvalue weighted by Crippen LogP contribution is 2.32. The molecule has 31 heavy (non-hydrogen) atoms. The molecule has 0 radical (unpaired) electrons. The van der Waals surface area contributed by atoms with Crippen LogP contribution in [0.5, 0.6) is 11.5 Å². The van der Waals surface area contributed by atoms with Crippen LogP contribution in [0.4, 0.5) is 0 Å². The Labute approximate surface area is 185 Å². The first kappa shape index (κ1) is 21.6. The Kier molecular flexibility index (Phi) is 5.92. The molecule has 4 rings (SSSR count). The van der Waals surface area contributed by atoms with Gasteiger partial charge in [0.25, 0.3) is 5.56 Å². The van der Waals surface area contributed by atoms with Gasteiger partial charge in [-0.3, -0.25) is 9.36 Å². The van der Waals surface area contributed by atoms with Crippen molar-refractivity contribution in [3.63, 3.8) is 0 Å². The monoisotopic (exact) mass is 463 g/mol. The van der Waals surface area contributed by atoms with Crippen molar-refractivity contribution >= 4 is 32.5 Å². The number of halogens is 1. The Balaban J connectivity index is 1.55. The highest BCUT2D eigenvalue weighted by molar-refractivity contribution is 7.89. The van der Waals surface area contributed by atoms with Crippen molar-refractivity contribution in [1.29, 1.82) is 0 Å². The summed E-state index contributed by atoms with van der Waals surface area (Å²) in [5, 5.41) is 1.01. The van der Waals surface area contributed by atoms with E-state index in [1.54, 1.807) is 28.8 Å². The summed E-state index contributed by atoms with van der Waals surface area (Å²) in [4.78, 5) is 17.4. The van der Waals surface area contributed by atoms with E-state index in [2.05, 4.69) is 4.98 Å². The van der Waals surface area contributed by atoms with E-state index < -0.39 is 10.0 Å². The van der Waals surface area contributed by atoms with E-state index in [4.69, 9.17) is 21.1 Å². The Morgan fingerprint density at radius 3 is 2.42 bits per heavy atom. The van der Waals surface area contributed by atoms with Gasteiger partial charge in [0, 0.05) is 30.2 Å². The average molecular weight is 464 g/mol. The highest BCUT2D eigenvalue weighted by atomic mass is 35.5. The van der Waals surface area contributed by atoms with Crippen LogP contribution in [0.1, 0.15) is 18.9 Å². The largest absolute Gasteiger partial charge is 0.493 e. The fourth-order valence-corrected chi connectivity index (χ4v) is 5.51. The van der Waals surface area contributed by atoms with Crippen molar-refractivity contribution in [2.75, 3.05) is 27.3 Å². The van der Waals surface area contributed by atoms with Crippen LogP contribution in [0, 0.1) is 0 Å². The summed E-state index contributed by atoms with van der Waals surface area (Å²) >= 11 is 5.98. The smallest absolute Gasteiger partial charge is 0.261 e. The van der Waals surface area contributed by atoms with E-state index in [9.17, 15) is 13.2 Å². The van der Waals surface area contributed by atoms with Gasteiger partial charge in [0.05, 0.1) is 36.3 Å². The maximum Gasteiger partial charge on any atom is 0.261 e. The predicted octanol–water partition coefficient (Wildman–Crippen LogP) is 3.09. The van der Waals surface area contributed by atoms with E-state index in [1.807, 2.05) is 0 Å². The molecular formula is C21H22ClN3O5S. The molecular weight excluding hydrogens is 442 g/mol. The highest BCUT2D eigenvalue weighted by Gasteiger charge is 2.31. The number of hydrogen-bond donors (Lipinski definition) is 0. The minimum absolute atomic E-state index is 0.128. The lowest BCUT2D eigenvalue weighted by Crippen LogP contribution is -2.40. The second-order valence-corrected chi connectivity index (χ2v) is 9.64. The van der Waals surface area contributed by atoms with Gasteiger partial charge in [-0.15, -0.1) is 0 Å². The van der Waals surface area contributed by atoms with Crippen molar-refractivity contribution in [3.8, 4) is 11.5 Å². The topological polar surface area (TPSA) is 90.7 Å². The number of ether oxygens (including phenoxy) is 2. The maximum atomic E-state index is 13.1. The van der Waals surface area contributed by atoms with E-state index >= 15 is 0 Å². The van der Waals surface area contributed by atoms with Crippen LogP contribution in [-0.2, 0) is 10.0 Å². The van der Waals surface area contributed by atoms with Gasteiger partial charge in [0.1, 0.15) is 0 Å². The number of aromatic nitrogens is 2. The number of benzene rings is 2. The number of rotatable bonds is 5. The summed E-state index contributed by atoms with van der Waals surface area (Å²) in [5.41, 5.74) is 0.394. The van der Waals surface area contributed by atoms with Gasteiger partial charge < -0.3 is 9.47 Å². The number of nitrogens with zero attached hydrogens (tertiary/aromatic N) is 3. The SMILES string of the molecule is COc1ccc(S(=O)(=O)N2CCC(n3cnc4cc(Cl)ccc4c3=O)CC2)cc1OC. The molecule has 1 fully saturated rings. The molecule has 1 saturated heterocycles. The molecule has 164 valence electrons. The standard InChI is InChI=1S/C21H22ClN3O5S/c1-29-19-6-4-16(12-20(19)30-2)31(27,28)24-9-7-15(8-10-24)25-13-23-18-11-14(22)3-5-17(18)21(25)26/h3-6,11-13,15H,7-10H2,1-2H3. The molecule has 0 unspecified atom stereocenters. The van der Waals surface area contributed by atoms with E-state index in [0.29, 0.717) is 53.4 Å². The molecule has 3 aromatic rings. The van der Waals surface area contributed by atoms with E-state index in [0.717, 1.165) is 0 Å². The minimum atomic E-state index is -3.69. The summed E-state index contributed by atoms with van der Waals surface area (Å²) in [7, 11) is -0.738. The first-order valence-electron chi connectivity index (χ1n) is 9.73. The zero-order valence-electron chi connectivity index (χ0n) is 17.1. The molecule has 1 aromatic heterocycles. The fourth-order valence-electron chi connectivity index (χ4n) is 3.86. The Bertz CT molecular complexity index is 1280. The molecule has 8 nitrogen and oxygen atoms in total. The summed E-state index contributed by atoms with van der Waals surface area (Å²) in [6.07, 6.45) is 2.53. The first-order chi connectivity index (χ1) is 14.8. The van der Waals surface area contributed by atoms with Gasteiger partial charge in [-0.25, -0.2) is 13.4 Å². The molecule has 0 bridgehead atoms. The van der Waals surface area contributed by atoms with Gasteiger partial charge in [0.2, 0.25) is 10.0 Å². The zero-order chi connectivity index (χ0) is 22.2. The molecule has 0 saturated carbocycles. The summed E-state index contributed by atoms with van der Waals surface area (Å²) in [5.74, 6) is 0.817. The van der Waals surface area contributed by atoms with Crippen LogP contribution in [0.2, 0.25) is 5.02 Å². The summed E-state index contributed by atoms with van der Waals surface area (Å²) in [6, 6.07) is 9.40. The molecule has 0 aliphatic carbocycles. The second kappa shape index (κ2) is 8.49. The lowest BCUT2D eigenvalue weighted by molar-refractivity contribution is 0.269. The predicted molar refractivity (Wildman–Crippen MR) is 118 cm³/mol. The van der Waals surface area contributed by atoms with Gasteiger partial charge in [-0.05, 0) is 43.2 Å².